The van der Waals surface area contributed by atoms with E-state index in [-0.39, 0.29) is 17.7 Å². The van der Waals surface area contributed by atoms with Crippen LogP contribution >= 0.6 is 11.6 Å². The third-order valence-electron chi connectivity index (χ3n) is 4.45. The largest absolute Gasteiger partial charge is 0.335 e. The van der Waals surface area contributed by atoms with E-state index >= 15 is 0 Å². The zero-order chi connectivity index (χ0) is 18.7. The lowest BCUT2D eigenvalue weighted by atomic mass is 10.0. The highest BCUT2D eigenvalue weighted by Crippen LogP contribution is 2.19. The summed E-state index contributed by atoms with van der Waals surface area (Å²) < 4.78 is 0. The number of hydrogen-bond donors (Lipinski definition) is 0. The van der Waals surface area contributed by atoms with Gasteiger partial charge in [-0.3, -0.25) is 9.59 Å². The molecule has 1 aliphatic rings. The van der Waals surface area contributed by atoms with Crippen LogP contribution in [0.3, 0.4) is 0 Å². The lowest BCUT2D eigenvalue weighted by molar-refractivity contribution is 0.0534. The molecular formula is C19H21ClN4O2. The number of halogens is 1. The summed E-state index contributed by atoms with van der Waals surface area (Å²) in [6, 6.07) is 6.92. The molecule has 1 fully saturated rings. The smallest absolute Gasteiger partial charge is 0.257 e. The first-order valence-electron chi connectivity index (χ1n) is 8.61. The van der Waals surface area contributed by atoms with Crippen molar-refractivity contribution in [1.29, 1.82) is 0 Å². The fourth-order valence-electron chi connectivity index (χ4n) is 3.05. The normalized spacial score (nSPS) is 14.6. The van der Waals surface area contributed by atoms with E-state index in [4.69, 9.17) is 11.6 Å². The van der Waals surface area contributed by atoms with Crippen molar-refractivity contribution >= 4 is 23.4 Å². The molecule has 0 N–H and O–H groups in total. The molecule has 136 valence electrons. The summed E-state index contributed by atoms with van der Waals surface area (Å²) in [5, 5.41) is 0.537. The molecule has 0 atom stereocenters. The van der Waals surface area contributed by atoms with Crippen LogP contribution in [0, 0.1) is 0 Å². The predicted octanol–water partition coefficient (Wildman–Crippen LogP) is 2.85. The van der Waals surface area contributed by atoms with E-state index in [0.29, 0.717) is 42.3 Å². The van der Waals surface area contributed by atoms with Gasteiger partial charge < -0.3 is 9.80 Å². The molecular weight excluding hydrogens is 352 g/mol. The van der Waals surface area contributed by atoms with Crippen molar-refractivity contribution in [1.82, 2.24) is 19.8 Å². The summed E-state index contributed by atoms with van der Waals surface area (Å²) in [4.78, 5) is 37.2. The maximum atomic E-state index is 12.8. The number of carbonyl (C=O) groups excluding carboxylic acids is 2. The molecule has 1 saturated heterocycles. The molecule has 1 aromatic carbocycles. The summed E-state index contributed by atoms with van der Waals surface area (Å²) in [5.41, 5.74) is 1.86. The fraction of sp³-hybridized carbons (Fsp3) is 0.368. The quantitative estimate of drug-likeness (QED) is 0.830. The lowest BCUT2D eigenvalue weighted by Gasteiger charge is -2.35. The van der Waals surface area contributed by atoms with Gasteiger partial charge >= 0.3 is 0 Å². The van der Waals surface area contributed by atoms with Gasteiger partial charge in [0.1, 0.15) is 6.33 Å². The molecule has 0 saturated carbocycles. The zero-order valence-corrected chi connectivity index (χ0v) is 15.6. The Bertz CT molecular complexity index is 817. The Kier molecular flexibility index (Phi) is 5.52. The second-order valence-corrected chi connectivity index (χ2v) is 7.01. The third-order valence-corrected chi connectivity index (χ3v) is 4.68. The van der Waals surface area contributed by atoms with E-state index in [1.54, 1.807) is 40.3 Å². The number of rotatable bonds is 3. The number of hydrogen-bond acceptors (Lipinski definition) is 4. The van der Waals surface area contributed by atoms with Gasteiger partial charge in [0, 0.05) is 43.0 Å². The van der Waals surface area contributed by atoms with E-state index in [1.165, 1.54) is 6.33 Å². The monoisotopic (exact) mass is 372 g/mol. The Morgan fingerprint density at radius 2 is 1.73 bits per heavy atom. The molecule has 2 aromatic rings. The summed E-state index contributed by atoms with van der Waals surface area (Å²) in [7, 11) is 0. The molecule has 26 heavy (non-hydrogen) atoms. The maximum absolute atomic E-state index is 12.8. The molecule has 1 aliphatic heterocycles. The highest BCUT2D eigenvalue weighted by Gasteiger charge is 2.27. The van der Waals surface area contributed by atoms with Crippen LogP contribution in [0.1, 0.15) is 46.2 Å². The second kappa shape index (κ2) is 7.83. The van der Waals surface area contributed by atoms with Crippen LogP contribution in [0.25, 0.3) is 0 Å². The Morgan fingerprint density at radius 1 is 1.08 bits per heavy atom. The number of amides is 2. The maximum Gasteiger partial charge on any atom is 0.257 e. The van der Waals surface area contributed by atoms with Crippen LogP contribution in [0.5, 0.6) is 0 Å². The molecule has 0 spiro atoms. The first-order chi connectivity index (χ1) is 12.5. The topological polar surface area (TPSA) is 66.4 Å². The first-order valence-corrected chi connectivity index (χ1v) is 8.99. The summed E-state index contributed by atoms with van der Waals surface area (Å²) in [5.74, 6) is -0.00249. The van der Waals surface area contributed by atoms with Crippen molar-refractivity contribution in [3.8, 4) is 0 Å². The molecule has 0 unspecified atom stereocenters. The fourth-order valence-corrected chi connectivity index (χ4v) is 3.24. The Balaban J connectivity index is 1.67. The van der Waals surface area contributed by atoms with E-state index in [0.717, 1.165) is 5.69 Å². The van der Waals surface area contributed by atoms with E-state index < -0.39 is 0 Å². The zero-order valence-electron chi connectivity index (χ0n) is 14.9. The van der Waals surface area contributed by atoms with Crippen LogP contribution in [0.4, 0.5) is 0 Å². The molecule has 0 radical (unpaired) electrons. The summed E-state index contributed by atoms with van der Waals surface area (Å²) in [6.45, 7) is 5.94. The molecule has 6 nitrogen and oxygen atoms in total. The van der Waals surface area contributed by atoms with Crippen LogP contribution in [-0.2, 0) is 0 Å². The Labute approximate surface area is 157 Å². The van der Waals surface area contributed by atoms with Crippen LogP contribution in [0.2, 0.25) is 5.02 Å². The van der Waals surface area contributed by atoms with Gasteiger partial charge in [-0.2, -0.15) is 0 Å². The summed E-state index contributed by atoms with van der Waals surface area (Å²) in [6.07, 6.45) is 3.04. The summed E-state index contributed by atoms with van der Waals surface area (Å²) >= 11 is 5.97. The van der Waals surface area contributed by atoms with E-state index in [1.807, 2.05) is 13.8 Å². The molecule has 2 heterocycles. The highest BCUT2D eigenvalue weighted by molar-refractivity contribution is 6.30. The molecule has 0 bridgehead atoms. The van der Waals surface area contributed by atoms with Gasteiger partial charge in [0.15, 0.2) is 0 Å². The number of aromatic nitrogens is 2. The number of benzene rings is 1. The molecule has 3 rings (SSSR count). The van der Waals surface area contributed by atoms with E-state index in [9.17, 15) is 9.59 Å². The lowest BCUT2D eigenvalue weighted by Crippen LogP contribution is -2.50. The second-order valence-electron chi connectivity index (χ2n) is 6.57. The van der Waals surface area contributed by atoms with Gasteiger partial charge in [-0.1, -0.05) is 31.5 Å². The molecule has 0 aliphatic carbocycles. The Hall–Kier alpha value is -2.47. The van der Waals surface area contributed by atoms with Crippen molar-refractivity contribution in [3.05, 3.63) is 58.6 Å². The van der Waals surface area contributed by atoms with Gasteiger partial charge in [-0.25, -0.2) is 9.97 Å². The van der Waals surface area contributed by atoms with Crippen molar-refractivity contribution in [3.63, 3.8) is 0 Å². The average Bonchev–Trinajstić information content (AvgIpc) is 2.67. The molecule has 7 heteroatoms. The van der Waals surface area contributed by atoms with Crippen molar-refractivity contribution in [2.24, 2.45) is 0 Å². The third kappa shape index (κ3) is 3.85. The average molecular weight is 373 g/mol. The number of piperazine rings is 1. The minimum Gasteiger partial charge on any atom is -0.335 e. The van der Waals surface area contributed by atoms with Crippen molar-refractivity contribution < 1.29 is 9.59 Å². The van der Waals surface area contributed by atoms with Gasteiger partial charge in [-0.05, 0) is 24.1 Å². The number of nitrogens with zero attached hydrogens (tertiary/aromatic N) is 4. The van der Waals surface area contributed by atoms with Gasteiger partial charge in [0.2, 0.25) is 0 Å². The SMILES string of the molecule is CC(C)c1ncncc1C(=O)N1CCN(C(=O)c2cccc(Cl)c2)CC1. The number of carbonyl (C=O) groups is 2. The van der Waals surface area contributed by atoms with Crippen LogP contribution in [-0.4, -0.2) is 57.8 Å². The van der Waals surface area contributed by atoms with Gasteiger partial charge in [-0.15, -0.1) is 0 Å². The van der Waals surface area contributed by atoms with Crippen molar-refractivity contribution in [2.45, 2.75) is 19.8 Å². The molecule has 1 aromatic heterocycles. The minimum atomic E-state index is -0.0795. The highest BCUT2D eigenvalue weighted by atomic mass is 35.5. The van der Waals surface area contributed by atoms with Crippen LogP contribution in [0.15, 0.2) is 36.8 Å². The van der Waals surface area contributed by atoms with Crippen LogP contribution < -0.4 is 0 Å². The minimum absolute atomic E-state index is 0.0643. The Morgan fingerprint density at radius 3 is 2.35 bits per heavy atom. The van der Waals surface area contributed by atoms with Gasteiger partial charge in [0.25, 0.3) is 11.8 Å². The standard InChI is InChI=1S/C19H21ClN4O2/c1-13(2)17-16(11-21-12-22-17)19(26)24-8-6-23(7-9-24)18(25)14-4-3-5-15(20)10-14/h3-5,10-13H,6-9H2,1-2H3. The van der Waals surface area contributed by atoms with Gasteiger partial charge in [0.05, 0.1) is 11.3 Å². The first kappa shape index (κ1) is 18.3. The van der Waals surface area contributed by atoms with Crippen molar-refractivity contribution in [2.75, 3.05) is 26.2 Å². The van der Waals surface area contributed by atoms with E-state index in [2.05, 4.69) is 9.97 Å². The predicted molar refractivity (Wildman–Crippen MR) is 99.4 cm³/mol. The molecule has 2 amide bonds.